The highest BCUT2D eigenvalue weighted by Crippen LogP contribution is 2.09. The largest absolute Gasteiger partial charge is 0.480 e. The zero-order valence-corrected chi connectivity index (χ0v) is 12.6. The molecule has 0 aliphatic carbocycles. The summed E-state index contributed by atoms with van der Waals surface area (Å²) in [6, 6.07) is 0.602. The van der Waals surface area contributed by atoms with Crippen molar-refractivity contribution >= 4 is 17.8 Å². The maximum Gasteiger partial charge on any atom is 0.408 e. The van der Waals surface area contributed by atoms with Gasteiger partial charge in [0.05, 0.1) is 6.20 Å². The predicted molar refractivity (Wildman–Crippen MR) is 77.5 cm³/mol. The summed E-state index contributed by atoms with van der Waals surface area (Å²) in [5.74, 6) is -0.677. The first kappa shape index (κ1) is 15.7. The van der Waals surface area contributed by atoms with E-state index < -0.39 is 23.7 Å². The number of nitrogens with one attached hydrogen (secondary N) is 1. The van der Waals surface area contributed by atoms with Crippen molar-refractivity contribution < 1.29 is 19.4 Å². The fourth-order valence-corrected chi connectivity index (χ4v) is 1.89. The molecule has 2 heterocycles. The quantitative estimate of drug-likeness (QED) is 0.880. The number of amides is 1. The van der Waals surface area contributed by atoms with Crippen molar-refractivity contribution in [1.82, 2.24) is 19.7 Å². The summed E-state index contributed by atoms with van der Waals surface area (Å²) in [7, 11) is 0. The van der Waals surface area contributed by atoms with Gasteiger partial charge in [0.25, 0.3) is 0 Å². The fraction of sp³-hybridized carbons (Fsp3) is 0.429. The molecule has 8 nitrogen and oxygen atoms in total. The molecule has 22 heavy (non-hydrogen) atoms. The molecule has 0 aliphatic rings. The molecule has 0 saturated carbocycles. The molecule has 0 fully saturated rings. The molecule has 2 aromatic heterocycles. The second kappa shape index (κ2) is 6.00. The van der Waals surface area contributed by atoms with Gasteiger partial charge in [-0.05, 0) is 26.8 Å². The molecule has 2 aromatic rings. The molecule has 8 heteroatoms. The van der Waals surface area contributed by atoms with Gasteiger partial charge in [-0.3, -0.25) is 4.40 Å². The molecule has 1 atom stereocenters. The minimum atomic E-state index is -1.15. The molecule has 0 spiro atoms. The normalized spacial score (nSPS) is 12.9. The van der Waals surface area contributed by atoms with E-state index in [1.54, 1.807) is 43.6 Å². The second-order valence-electron chi connectivity index (χ2n) is 5.78. The van der Waals surface area contributed by atoms with Crippen LogP contribution in [0, 0.1) is 0 Å². The van der Waals surface area contributed by atoms with Crippen molar-refractivity contribution in [1.29, 1.82) is 0 Å². The van der Waals surface area contributed by atoms with E-state index in [1.165, 1.54) is 6.20 Å². The Labute approximate surface area is 127 Å². The monoisotopic (exact) mass is 306 g/mol. The molecule has 2 N–H and O–H groups in total. The SMILES string of the molecule is CC(C)(C)OC(=O)N[C@H](Cc1cnc2ncccn12)C(=O)O. The summed E-state index contributed by atoms with van der Waals surface area (Å²) in [5, 5.41) is 11.6. The summed E-state index contributed by atoms with van der Waals surface area (Å²) in [6.45, 7) is 5.12. The van der Waals surface area contributed by atoms with E-state index in [2.05, 4.69) is 15.3 Å². The van der Waals surface area contributed by atoms with Crippen molar-refractivity contribution in [3.05, 3.63) is 30.4 Å². The number of ether oxygens (including phenoxy) is 1. The van der Waals surface area contributed by atoms with Crippen LogP contribution < -0.4 is 5.32 Å². The Morgan fingerprint density at radius 1 is 1.41 bits per heavy atom. The molecule has 0 aromatic carbocycles. The number of carbonyl (C=O) groups is 2. The van der Waals surface area contributed by atoms with E-state index in [4.69, 9.17) is 4.74 Å². The van der Waals surface area contributed by atoms with Crippen LogP contribution in [0.5, 0.6) is 0 Å². The lowest BCUT2D eigenvalue weighted by Crippen LogP contribution is -2.44. The van der Waals surface area contributed by atoms with Crippen LogP contribution in [-0.4, -0.2) is 43.2 Å². The molecular weight excluding hydrogens is 288 g/mol. The maximum atomic E-state index is 11.7. The molecule has 118 valence electrons. The third-order valence-corrected chi connectivity index (χ3v) is 2.77. The number of fused-ring (bicyclic) bond motifs is 1. The Morgan fingerprint density at radius 3 is 2.77 bits per heavy atom. The van der Waals surface area contributed by atoms with Gasteiger partial charge in [-0.1, -0.05) is 0 Å². The molecule has 0 saturated heterocycles. The standard InChI is InChI=1S/C14H18N4O4/c1-14(2,3)22-13(21)17-10(11(19)20)7-9-8-16-12-15-5-4-6-18(9)12/h4-6,8,10H,7H2,1-3H3,(H,17,21)(H,19,20)/t10-/m1/s1. The number of hydrogen-bond acceptors (Lipinski definition) is 5. The summed E-state index contributed by atoms with van der Waals surface area (Å²) < 4.78 is 6.75. The second-order valence-corrected chi connectivity index (χ2v) is 5.78. The van der Waals surface area contributed by atoms with Crippen LogP contribution in [0.15, 0.2) is 24.7 Å². The van der Waals surface area contributed by atoms with Crippen LogP contribution in [0.4, 0.5) is 4.79 Å². The Hall–Kier alpha value is -2.64. The van der Waals surface area contributed by atoms with Gasteiger partial charge in [0, 0.05) is 24.5 Å². The summed E-state index contributed by atoms with van der Waals surface area (Å²) >= 11 is 0. The van der Waals surface area contributed by atoms with Crippen molar-refractivity contribution in [3.8, 4) is 0 Å². The lowest BCUT2D eigenvalue weighted by Gasteiger charge is -2.21. The highest BCUT2D eigenvalue weighted by atomic mass is 16.6. The Balaban J connectivity index is 2.12. The first-order chi connectivity index (χ1) is 10.3. The van der Waals surface area contributed by atoms with Crippen LogP contribution in [0.2, 0.25) is 0 Å². The minimum Gasteiger partial charge on any atom is -0.480 e. The van der Waals surface area contributed by atoms with Crippen molar-refractivity contribution in [2.24, 2.45) is 0 Å². The summed E-state index contributed by atoms with van der Waals surface area (Å²) in [6.07, 6.45) is 4.17. The Morgan fingerprint density at radius 2 is 2.14 bits per heavy atom. The first-order valence-corrected chi connectivity index (χ1v) is 6.75. The Kier molecular flexibility index (Phi) is 4.30. The maximum absolute atomic E-state index is 11.7. The Bertz CT molecular complexity index is 689. The van der Waals surface area contributed by atoms with Gasteiger partial charge in [0.1, 0.15) is 11.6 Å². The summed E-state index contributed by atoms with van der Waals surface area (Å²) in [4.78, 5) is 31.2. The number of hydrogen-bond donors (Lipinski definition) is 2. The van der Waals surface area contributed by atoms with Crippen molar-refractivity contribution in [2.45, 2.75) is 38.8 Å². The van der Waals surface area contributed by atoms with E-state index in [1.807, 2.05) is 0 Å². The highest BCUT2D eigenvalue weighted by Gasteiger charge is 2.25. The first-order valence-electron chi connectivity index (χ1n) is 6.75. The van der Waals surface area contributed by atoms with Crippen LogP contribution in [0.3, 0.4) is 0 Å². The van der Waals surface area contributed by atoms with E-state index >= 15 is 0 Å². The fourth-order valence-electron chi connectivity index (χ4n) is 1.89. The summed E-state index contributed by atoms with van der Waals surface area (Å²) in [5.41, 5.74) is -0.0630. The van der Waals surface area contributed by atoms with Gasteiger partial charge in [-0.2, -0.15) is 0 Å². The minimum absolute atomic E-state index is 0.0709. The van der Waals surface area contributed by atoms with Gasteiger partial charge in [0.15, 0.2) is 0 Å². The van der Waals surface area contributed by atoms with Gasteiger partial charge >= 0.3 is 12.1 Å². The number of rotatable bonds is 4. The van der Waals surface area contributed by atoms with Crippen molar-refractivity contribution in [3.63, 3.8) is 0 Å². The number of carbonyl (C=O) groups excluding carboxylic acids is 1. The van der Waals surface area contributed by atoms with E-state index in [-0.39, 0.29) is 6.42 Å². The number of imidazole rings is 1. The number of aliphatic carboxylic acids is 1. The molecule has 2 rings (SSSR count). The smallest absolute Gasteiger partial charge is 0.408 e. The highest BCUT2D eigenvalue weighted by molar-refractivity contribution is 5.80. The van der Waals surface area contributed by atoms with E-state index in [0.717, 1.165) is 0 Å². The van der Waals surface area contributed by atoms with Crippen LogP contribution in [-0.2, 0) is 16.0 Å². The predicted octanol–water partition coefficient (Wildman–Crippen LogP) is 1.25. The van der Waals surface area contributed by atoms with Crippen LogP contribution in [0.25, 0.3) is 5.78 Å². The number of alkyl carbamates (subject to hydrolysis) is 1. The van der Waals surface area contributed by atoms with Gasteiger partial charge in [0.2, 0.25) is 5.78 Å². The number of carboxylic acid groups (broad SMARTS) is 1. The number of aromatic nitrogens is 3. The lowest BCUT2D eigenvalue weighted by atomic mass is 10.1. The lowest BCUT2D eigenvalue weighted by molar-refractivity contribution is -0.139. The average Bonchev–Trinajstić information content (AvgIpc) is 2.79. The van der Waals surface area contributed by atoms with Gasteiger partial charge < -0.3 is 15.2 Å². The van der Waals surface area contributed by atoms with Crippen LogP contribution in [0.1, 0.15) is 26.5 Å². The molecule has 0 unspecified atom stereocenters. The van der Waals surface area contributed by atoms with Crippen LogP contribution >= 0.6 is 0 Å². The third-order valence-electron chi connectivity index (χ3n) is 2.77. The third kappa shape index (κ3) is 3.94. The molecule has 0 radical (unpaired) electrons. The molecule has 1 amide bonds. The van der Waals surface area contributed by atoms with Gasteiger partial charge in [-0.15, -0.1) is 0 Å². The number of nitrogens with zero attached hydrogens (tertiary/aromatic N) is 3. The topological polar surface area (TPSA) is 106 Å². The van der Waals surface area contributed by atoms with Gasteiger partial charge in [-0.25, -0.2) is 19.6 Å². The average molecular weight is 306 g/mol. The molecule has 0 bridgehead atoms. The number of carboxylic acids is 1. The molecule has 0 aliphatic heterocycles. The molecular formula is C14H18N4O4. The van der Waals surface area contributed by atoms with Crippen molar-refractivity contribution in [2.75, 3.05) is 0 Å². The van der Waals surface area contributed by atoms with E-state index in [0.29, 0.717) is 11.5 Å². The zero-order chi connectivity index (χ0) is 16.3. The zero-order valence-electron chi connectivity index (χ0n) is 12.6. The van der Waals surface area contributed by atoms with E-state index in [9.17, 15) is 14.7 Å².